The van der Waals surface area contributed by atoms with Crippen LogP contribution in [0.2, 0.25) is 5.02 Å². The van der Waals surface area contributed by atoms with Crippen LogP contribution in [0.15, 0.2) is 42.5 Å². The zero-order chi connectivity index (χ0) is 27.2. The Balaban J connectivity index is 1.95. The smallest absolute Gasteiger partial charge is 0.244 e. The molecule has 2 amide bonds. The fourth-order valence-corrected chi connectivity index (χ4v) is 5.41. The van der Waals surface area contributed by atoms with Gasteiger partial charge >= 0.3 is 0 Å². The van der Waals surface area contributed by atoms with Gasteiger partial charge in [0.15, 0.2) is 0 Å². The molecule has 2 aromatic carbocycles. The molecule has 0 radical (unpaired) electrons. The zero-order valence-corrected chi connectivity index (χ0v) is 23.1. The summed E-state index contributed by atoms with van der Waals surface area (Å²) in [5, 5.41) is 3.47. The number of halogens is 1. The summed E-state index contributed by atoms with van der Waals surface area (Å²) in [6.07, 6.45) is 4.90. The maximum absolute atomic E-state index is 13.8. The Morgan fingerprint density at radius 3 is 2.38 bits per heavy atom. The van der Waals surface area contributed by atoms with Gasteiger partial charge in [-0.2, -0.15) is 0 Å². The van der Waals surface area contributed by atoms with Crippen molar-refractivity contribution in [2.24, 2.45) is 0 Å². The Morgan fingerprint density at radius 2 is 1.78 bits per heavy atom. The predicted molar refractivity (Wildman–Crippen MR) is 144 cm³/mol. The summed E-state index contributed by atoms with van der Waals surface area (Å²) in [4.78, 5) is 28.3. The minimum atomic E-state index is -3.93. The quantitative estimate of drug-likeness (QED) is 0.457. The number of rotatable bonds is 11. The number of hydrogen-bond donors (Lipinski definition) is 1. The second kappa shape index (κ2) is 12.5. The van der Waals surface area contributed by atoms with Crippen molar-refractivity contribution in [3.05, 3.63) is 53.1 Å². The maximum atomic E-state index is 13.8. The third kappa shape index (κ3) is 7.29. The molecule has 1 saturated carbocycles. The molecule has 1 fully saturated rings. The number of benzene rings is 2. The summed E-state index contributed by atoms with van der Waals surface area (Å²) in [5.41, 5.74) is 0.793. The minimum Gasteiger partial charge on any atom is -0.497 e. The summed E-state index contributed by atoms with van der Waals surface area (Å²) >= 11 is 6.37. The second-order valence-electron chi connectivity index (χ2n) is 9.09. The molecule has 9 nitrogen and oxygen atoms in total. The third-order valence-corrected chi connectivity index (χ3v) is 8.00. The monoisotopic (exact) mass is 551 g/mol. The molecule has 11 heteroatoms. The van der Waals surface area contributed by atoms with Crippen molar-refractivity contribution in [2.75, 3.05) is 31.3 Å². The van der Waals surface area contributed by atoms with E-state index in [2.05, 4.69) is 5.32 Å². The van der Waals surface area contributed by atoms with Crippen LogP contribution in [0.1, 0.15) is 38.2 Å². The highest BCUT2D eigenvalue weighted by molar-refractivity contribution is 7.92. The van der Waals surface area contributed by atoms with Gasteiger partial charge in [-0.15, -0.1) is 0 Å². The van der Waals surface area contributed by atoms with E-state index in [9.17, 15) is 18.0 Å². The number of hydrogen-bond acceptors (Lipinski definition) is 6. The molecule has 0 saturated heterocycles. The van der Waals surface area contributed by atoms with Crippen LogP contribution in [-0.4, -0.2) is 64.2 Å². The van der Waals surface area contributed by atoms with Gasteiger partial charge in [-0.1, -0.05) is 42.6 Å². The second-order valence-corrected chi connectivity index (χ2v) is 11.4. The Bertz CT molecular complexity index is 1220. The maximum Gasteiger partial charge on any atom is 0.244 e. The van der Waals surface area contributed by atoms with E-state index in [1.54, 1.807) is 43.3 Å². The van der Waals surface area contributed by atoms with Crippen LogP contribution in [0.3, 0.4) is 0 Å². The average Bonchev–Trinajstić information content (AvgIpc) is 3.38. The van der Waals surface area contributed by atoms with E-state index in [1.165, 1.54) is 25.2 Å². The van der Waals surface area contributed by atoms with E-state index >= 15 is 0 Å². The average molecular weight is 552 g/mol. The lowest BCUT2D eigenvalue weighted by Gasteiger charge is -2.32. The highest BCUT2D eigenvalue weighted by atomic mass is 35.5. The first-order chi connectivity index (χ1) is 17.5. The number of anilines is 1. The number of nitrogens with zero attached hydrogens (tertiary/aromatic N) is 2. The van der Waals surface area contributed by atoms with Crippen molar-refractivity contribution in [3.63, 3.8) is 0 Å². The van der Waals surface area contributed by atoms with Gasteiger partial charge in [0, 0.05) is 23.7 Å². The molecule has 0 spiro atoms. The molecule has 1 unspecified atom stereocenters. The first-order valence-corrected chi connectivity index (χ1v) is 14.3. The number of carbonyl (C=O) groups is 2. The van der Waals surface area contributed by atoms with Gasteiger partial charge in [0.1, 0.15) is 24.1 Å². The summed E-state index contributed by atoms with van der Waals surface area (Å²) in [6.45, 7) is 1.12. The largest absolute Gasteiger partial charge is 0.497 e. The summed E-state index contributed by atoms with van der Waals surface area (Å²) < 4.78 is 37.3. The molecular formula is C26H34ClN3O6S. The Kier molecular flexibility index (Phi) is 9.67. The number of amides is 2. The molecule has 1 N–H and O–H groups in total. The van der Waals surface area contributed by atoms with E-state index in [0.717, 1.165) is 36.2 Å². The molecule has 3 rings (SSSR count). The molecule has 0 aromatic heterocycles. The summed E-state index contributed by atoms with van der Waals surface area (Å²) in [7, 11) is -1.06. The lowest BCUT2D eigenvalue weighted by Crippen LogP contribution is -2.52. The Labute approximate surface area is 223 Å². The number of nitrogens with one attached hydrogen (secondary N) is 1. The zero-order valence-electron chi connectivity index (χ0n) is 21.6. The van der Waals surface area contributed by atoms with Crippen molar-refractivity contribution in [2.45, 2.75) is 51.2 Å². The van der Waals surface area contributed by atoms with Crippen LogP contribution < -0.4 is 19.1 Å². The number of carbonyl (C=O) groups excluding carboxylic acids is 2. The SMILES string of the molecule is COc1ccc(OC)c(N(CC(=O)N(Cc2ccccc2Cl)C(C)C(=O)NC2CCCC2)S(C)(=O)=O)c1. The van der Waals surface area contributed by atoms with Gasteiger partial charge in [-0.3, -0.25) is 13.9 Å². The number of sulfonamides is 1. The van der Waals surface area contributed by atoms with E-state index in [4.69, 9.17) is 21.1 Å². The van der Waals surface area contributed by atoms with Crippen LogP contribution in [-0.2, 0) is 26.2 Å². The van der Waals surface area contributed by atoms with Crippen LogP contribution in [0.5, 0.6) is 11.5 Å². The van der Waals surface area contributed by atoms with Crippen LogP contribution in [0, 0.1) is 0 Å². The number of methoxy groups -OCH3 is 2. The molecule has 202 valence electrons. The molecule has 0 heterocycles. The Morgan fingerprint density at radius 1 is 1.11 bits per heavy atom. The van der Waals surface area contributed by atoms with Crippen molar-refractivity contribution in [1.29, 1.82) is 0 Å². The van der Waals surface area contributed by atoms with Gasteiger partial charge in [0.05, 0.1) is 26.2 Å². The fraction of sp³-hybridized carbons (Fsp3) is 0.462. The molecule has 0 aliphatic heterocycles. The first kappa shape index (κ1) is 28.6. The van der Waals surface area contributed by atoms with Gasteiger partial charge in [-0.25, -0.2) is 8.42 Å². The molecule has 1 aliphatic carbocycles. The predicted octanol–water partition coefficient (Wildman–Crippen LogP) is 3.60. The van der Waals surface area contributed by atoms with Gasteiger partial charge in [-0.05, 0) is 43.5 Å². The molecule has 1 atom stereocenters. The topological polar surface area (TPSA) is 105 Å². The van der Waals surface area contributed by atoms with Crippen molar-refractivity contribution >= 4 is 39.1 Å². The van der Waals surface area contributed by atoms with Crippen LogP contribution >= 0.6 is 11.6 Å². The minimum absolute atomic E-state index is 0.0323. The van der Waals surface area contributed by atoms with E-state index in [0.29, 0.717) is 16.3 Å². The van der Waals surface area contributed by atoms with Crippen LogP contribution in [0.4, 0.5) is 5.69 Å². The molecule has 0 bridgehead atoms. The molecule has 1 aliphatic rings. The standard InChI is InChI=1S/C26H34ClN3O6S/c1-18(26(32)28-20-10-6-7-11-20)29(16-19-9-5-8-12-22(19)27)25(31)17-30(37(4,33)34)23-15-21(35-2)13-14-24(23)36-3/h5,8-9,12-15,18,20H,6-7,10-11,16-17H2,1-4H3,(H,28,32). The highest BCUT2D eigenvalue weighted by Crippen LogP contribution is 2.34. The lowest BCUT2D eigenvalue weighted by molar-refractivity contribution is -0.139. The van der Waals surface area contributed by atoms with Crippen molar-refractivity contribution in [3.8, 4) is 11.5 Å². The summed E-state index contributed by atoms with van der Waals surface area (Å²) in [6, 6.07) is 10.9. The van der Waals surface area contributed by atoms with E-state index < -0.39 is 28.5 Å². The highest BCUT2D eigenvalue weighted by Gasteiger charge is 2.32. The molecule has 37 heavy (non-hydrogen) atoms. The molecule has 2 aromatic rings. The van der Waals surface area contributed by atoms with Gasteiger partial charge < -0.3 is 19.7 Å². The first-order valence-electron chi connectivity index (χ1n) is 12.1. The van der Waals surface area contributed by atoms with E-state index in [-0.39, 0.29) is 29.9 Å². The lowest BCUT2D eigenvalue weighted by atomic mass is 10.1. The van der Waals surface area contributed by atoms with Crippen molar-refractivity contribution < 1.29 is 27.5 Å². The Hall–Kier alpha value is -2.98. The van der Waals surface area contributed by atoms with Crippen molar-refractivity contribution in [1.82, 2.24) is 10.2 Å². The van der Waals surface area contributed by atoms with Crippen LogP contribution in [0.25, 0.3) is 0 Å². The normalized spacial score (nSPS) is 14.6. The third-order valence-electron chi connectivity index (χ3n) is 6.50. The van der Waals surface area contributed by atoms with Gasteiger partial charge in [0.25, 0.3) is 0 Å². The van der Waals surface area contributed by atoms with Gasteiger partial charge in [0.2, 0.25) is 21.8 Å². The summed E-state index contributed by atoms with van der Waals surface area (Å²) in [5.74, 6) is -0.209. The molecular weight excluding hydrogens is 518 g/mol. The van der Waals surface area contributed by atoms with E-state index in [1.807, 2.05) is 0 Å². The number of ether oxygens (including phenoxy) is 2. The fourth-order valence-electron chi connectivity index (χ4n) is 4.37.